The molecule has 2 fully saturated rings. The van der Waals surface area contributed by atoms with E-state index < -0.39 is 0 Å². The van der Waals surface area contributed by atoms with Crippen molar-refractivity contribution in [3.8, 4) is 0 Å². The zero-order valence-corrected chi connectivity index (χ0v) is 13.3. The van der Waals surface area contributed by atoms with Crippen molar-refractivity contribution >= 4 is 5.91 Å². The number of fused-ring (bicyclic) bond motifs is 1. The van der Waals surface area contributed by atoms with Gasteiger partial charge in [0.2, 0.25) is 5.91 Å². The zero-order valence-electron chi connectivity index (χ0n) is 13.3. The van der Waals surface area contributed by atoms with Gasteiger partial charge in [0, 0.05) is 19.5 Å². The number of amides is 1. The molecule has 0 spiro atoms. The fourth-order valence-corrected chi connectivity index (χ4v) is 4.08. The van der Waals surface area contributed by atoms with E-state index in [1.165, 1.54) is 44.2 Å². The van der Waals surface area contributed by atoms with Crippen molar-refractivity contribution in [2.45, 2.75) is 51.4 Å². The molecule has 1 amide bonds. The van der Waals surface area contributed by atoms with E-state index in [1.807, 2.05) is 12.1 Å². The molecule has 0 radical (unpaired) electrons. The lowest BCUT2D eigenvalue weighted by molar-refractivity contribution is -0.134. The van der Waals surface area contributed by atoms with Crippen LogP contribution in [0.2, 0.25) is 0 Å². The third-order valence-corrected chi connectivity index (χ3v) is 5.41. The van der Waals surface area contributed by atoms with Gasteiger partial charge in [-0.2, -0.15) is 0 Å². The zero-order chi connectivity index (χ0) is 15.4. The quantitative estimate of drug-likeness (QED) is 0.817. The number of nitrogens with zero attached hydrogens (tertiary/aromatic N) is 1. The molecule has 3 heteroatoms. The maximum atomic E-state index is 12.9. The fourth-order valence-electron chi connectivity index (χ4n) is 4.08. The van der Waals surface area contributed by atoms with Crippen LogP contribution >= 0.6 is 0 Å². The Morgan fingerprint density at radius 3 is 2.59 bits per heavy atom. The second-order valence-corrected chi connectivity index (χ2v) is 6.91. The first-order valence-corrected chi connectivity index (χ1v) is 8.74. The van der Waals surface area contributed by atoms with Gasteiger partial charge in [0.25, 0.3) is 0 Å². The summed E-state index contributed by atoms with van der Waals surface area (Å²) in [6.07, 6.45) is 8.94. The first kappa shape index (κ1) is 15.5. The van der Waals surface area contributed by atoms with E-state index in [4.69, 9.17) is 0 Å². The number of hydrogen-bond donors (Lipinski definition) is 0. The summed E-state index contributed by atoms with van der Waals surface area (Å²) in [6.45, 7) is 1.94. The molecule has 120 valence electrons. The highest BCUT2D eigenvalue weighted by Gasteiger charge is 2.32. The predicted octanol–water partition coefficient (Wildman–Crippen LogP) is 4.19. The molecule has 0 bridgehead atoms. The minimum atomic E-state index is -0.199. The van der Waals surface area contributed by atoms with Crippen LogP contribution in [-0.2, 0) is 11.2 Å². The summed E-state index contributed by atoms with van der Waals surface area (Å²) in [5.41, 5.74) is 1.11. The summed E-state index contributed by atoms with van der Waals surface area (Å²) in [5, 5.41) is 0. The van der Waals surface area contributed by atoms with E-state index in [-0.39, 0.29) is 5.82 Å². The summed E-state index contributed by atoms with van der Waals surface area (Å²) in [4.78, 5) is 14.5. The van der Waals surface area contributed by atoms with Crippen LogP contribution in [0.3, 0.4) is 0 Å². The van der Waals surface area contributed by atoms with Gasteiger partial charge >= 0.3 is 0 Å². The lowest BCUT2D eigenvalue weighted by atomic mass is 9.75. The van der Waals surface area contributed by atoms with Gasteiger partial charge in [0.05, 0.1) is 0 Å². The monoisotopic (exact) mass is 303 g/mol. The molecule has 1 aliphatic heterocycles. The fraction of sp³-hybridized carbons (Fsp3) is 0.632. The Bertz CT molecular complexity index is 499. The molecule has 2 atom stereocenters. The molecule has 3 rings (SSSR count). The number of carbonyl (C=O) groups excluding carboxylic acids is 1. The minimum Gasteiger partial charge on any atom is -0.342 e. The number of rotatable bonds is 4. The van der Waals surface area contributed by atoms with Crippen LogP contribution in [0.15, 0.2) is 24.3 Å². The lowest BCUT2D eigenvalue weighted by Gasteiger charge is -2.41. The van der Waals surface area contributed by atoms with Gasteiger partial charge in [-0.05, 0) is 55.2 Å². The van der Waals surface area contributed by atoms with Gasteiger partial charge < -0.3 is 4.90 Å². The van der Waals surface area contributed by atoms with E-state index >= 15 is 0 Å². The summed E-state index contributed by atoms with van der Waals surface area (Å²) in [5.74, 6) is 1.74. The Morgan fingerprint density at radius 1 is 1.09 bits per heavy atom. The first-order chi connectivity index (χ1) is 10.7. The molecule has 1 saturated heterocycles. The Labute approximate surface area is 132 Å². The average Bonchev–Trinajstić information content (AvgIpc) is 2.56. The largest absolute Gasteiger partial charge is 0.342 e. The number of benzene rings is 1. The molecule has 2 nitrogen and oxygen atoms in total. The lowest BCUT2D eigenvalue weighted by Crippen LogP contribution is -2.44. The molecular formula is C19H26FNO. The molecule has 1 aromatic carbocycles. The van der Waals surface area contributed by atoms with Crippen LogP contribution in [0.5, 0.6) is 0 Å². The second-order valence-electron chi connectivity index (χ2n) is 6.91. The van der Waals surface area contributed by atoms with E-state index in [0.29, 0.717) is 12.3 Å². The van der Waals surface area contributed by atoms with Gasteiger partial charge in [-0.15, -0.1) is 0 Å². The van der Waals surface area contributed by atoms with Gasteiger partial charge in [-0.25, -0.2) is 4.39 Å². The molecule has 1 aliphatic carbocycles. The second kappa shape index (κ2) is 7.26. The van der Waals surface area contributed by atoms with Crippen LogP contribution in [0.1, 0.15) is 50.5 Å². The van der Waals surface area contributed by atoms with Crippen molar-refractivity contribution in [2.24, 2.45) is 11.8 Å². The smallest absolute Gasteiger partial charge is 0.222 e. The maximum Gasteiger partial charge on any atom is 0.222 e. The van der Waals surface area contributed by atoms with E-state index in [2.05, 4.69) is 4.90 Å². The number of hydrogen-bond acceptors (Lipinski definition) is 1. The van der Waals surface area contributed by atoms with Crippen LogP contribution in [0.25, 0.3) is 0 Å². The Morgan fingerprint density at radius 2 is 1.82 bits per heavy atom. The molecule has 22 heavy (non-hydrogen) atoms. The average molecular weight is 303 g/mol. The number of aryl methyl sites for hydroxylation is 1. The van der Waals surface area contributed by atoms with E-state index in [1.54, 1.807) is 0 Å². The molecule has 0 unspecified atom stereocenters. The van der Waals surface area contributed by atoms with Gasteiger partial charge in [0.1, 0.15) is 5.82 Å². The maximum absolute atomic E-state index is 12.9. The Hall–Kier alpha value is -1.38. The number of halogens is 1. The van der Waals surface area contributed by atoms with Crippen molar-refractivity contribution in [1.82, 2.24) is 4.90 Å². The van der Waals surface area contributed by atoms with Gasteiger partial charge in [-0.3, -0.25) is 4.79 Å². The summed E-state index contributed by atoms with van der Waals surface area (Å²) < 4.78 is 12.9. The normalized spacial score (nSPS) is 24.9. The number of carbonyl (C=O) groups is 1. The number of piperidine rings is 1. The highest BCUT2D eigenvalue weighted by molar-refractivity contribution is 5.76. The Balaban J connectivity index is 1.43. The Kier molecular flexibility index (Phi) is 5.12. The highest BCUT2D eigenvalue weighted by atomic mass is 19.1. The molecular weight excluding hydrogens is 277 g/mol. The van der Waals surface area contributed by atoms with Crippen molar-refractivity contribution < 1.29 is 9.18 Å². The molecule has 2 aliphatic rings. The highest BCUT2D eigenvalue weighted by Crippen LogP contribution is 2.36. The molecule has 1 aromatic rings. The SMILES string of the molecule is O=C(CCCc1ccc(F)cc1)N1CC[C@H]2CCCC[C@@H]2C1. The summed E-state index contributed by atoms with van der Waals surface area (Å²) >= 11 is 0. The van der Waals surface area contributed by atoms with Crippen molar-refractivity contribution in [2.75, 3.05) is 13.1 Å². The van der Waals surface area contributed by atoms with E-state index in [9.17, 15) is 9.18 Å². The molecule has 0 N–H and O–H groups in total. The summed E-state index contributed by atoms with van der Waals surface area (Å²) in [7, 11) is 0. The standard InChI is InChI=1S/C19H26FNO/c20-18-10-8-15(9-11-18)4-3-7-19(22)21-13-12-16-5-1-2-6-17(16)14-21/h8-11,16-17H,1-7,12-14H2/t16-,17-/m1/s1. The minimum absolute atomic E-state index is 0.199. The van der Waals surface area contributed by atoms with Crippen molar-refractivity contribution in [3.05, 3.63) is 35.6 Å². The van der Waals surface area contributed by atoms with Crippen LogP contribution in [0, 0.1) is 17.7 Å². The van der Waals surface area contributed by atoms with E-state index in [0.717, 1.165) is 43.3 Å². The first-order valence-electron chi connectivity index (χ1n) is 8.74. The van der Waals surface area contributed by atoms with Crippen LogP contribution < -0.4 is 0 Å². The molecule has 1 saturated carbocycles. The van der Waals surface area contributed by atoms with Crippen LogP contribution in [-0.4, -0.2) is 23.9 Å². The van der Waals surface area contributed by atoms with Crippen molar-refractivity contribution in [3.63, 3.8) is 0 Å². The summed E-state index contributed by atoms with van der Waals surface area (Å²) in [6, 6.07) is 6.61. The topological polar surface area (TPSA) is 20.3 Å². The van der Waals surface area contributed by atoms with Crippen molar-refractivity contribution in [1.29, 1.82) is 0 Å². The third-order valence-electron chi connectivity index (χ3n) is 5.41. The van der Waals surface area contributed by atoms with Gasteiger partial charge in [0.15, 0.2) is 0 Å². The number of likely N-dealkylation sites (tertiary alicyclic amines) is 1. The predicted molar refractivity (Wildman–Crippen MR) is 86.0 cm³/mol. The van der Waals surface area contributed by atoms with Gasteiger partial charge in [-0.1, -0.05) is 31.4 Å². The van der Waals surface area contributed by atoms with Crippen LogP contribution in [0.4, 0.5) is 4.39 Å². The third kappa shape index (κ3) is 3.88. The molecule has 0 aromatic heterocycles. The molecule has 1 heterocycles.